The third kappa shape index (κ3) is 4.48. The van der Waals surface area contributed by atoms with Gasteiger partial charge in [0.1, 0.15) is 10.7 Å². The average Bonchev–Trinajstić information content (AvgIpc) is 2.86. The zero-order valence-electron chi connectivity index (χ0n) is 13.9. The number of rotatable bonds is 6. The summed E-state index contributed by atoms with van der Waals surface area (Å²) < 4.78 is 0.835. The van der Waals surface area contributed by atoms with Gasteiger partial charge in [-0.25, -0.2) is 4.98 Å². The summed E-state index contributed by atoms with van der Waals surface area (Å²) in [6, 6.07) is 10.3. The Morgan fingerprint density at radius 2 is 1.83 bits per heavy atom. The largest absolute Gasteiger partial charge is 0.389 e. The number of nitrogens with two attached hydrogens (primary N) is 1. The van der Waals surface area contributed by atoms with E-state index in [-0.39, 0.29) is 18.0 Å². The molecule has 2 rings (SSSR count). The van der Waals surface area contributed by atoms with Crippen molar-refractivity contribution in [3.05, 3.63) is 30.3 Å². The minimum absolute atomic E-state index is 0.134. The lowest BCUT2D eigenvalue weighted by atomic mass is 10.2. The van der Waals surface area contributed by atoms with Crippen molar-refractivity contribution >= 4 is 34.0 Å². The molecule has 23 heavy (non-hydrogen) atoms. The van der Waals surface area contributed by atoms with Gasteiger partial charge in [-0.2, -0.15) is 0 Å². The summed E-state index contributed by atoms with van der Waals surface area (Å²) in [4.78, 5) is 18.9. The fourth-order valence-corrected chi connectivity index (χ4v) is 4.37. The molecule has 0 spiro atoms. The van der Waals surface area contributed by atoms with Gasteiger partial charge in [0.15, 0.2) is 4.34 Å². The third-order valence-corrected chi connectivity index (χ3v) is 5.41. The summed E-state index contributed by atoms with van der Waals surface area (Å²) in [5.41, 5.74) is 7.89. The molecule has 0 saturated carbocycles. The molecule has 0 aliphatic rings. The highest BCUT2D eigenvalue weighted by atomic mass is 32.2. The van der Waals surface area contributed by atoms with Gasteiger partial charge in [-0.3, -0.25) is 4.79 Å². The molecule has 0 aliphatic carbocycles. The molecule has 0 aliphatic heterocycles. The molecule has 4 nitrogen and oxygen atoms in total. The van der Waals surface area contributed by atoms with Crippen molar-refractivity contribution in [3.8, 4) is 11.3 Å². The van der Waals surface area contributed by atoms with Crippen molar-refractivity contribution in [2.24, 2.45) is 0 Å². The van der Waals surface area contributed by atoms with Crippen LogP contribution in [0.5, 0.6) is 0 Å². The Balaban J connectivity index is 2.06. The summed E-state index contributed by atoms with van der Waals surface area (Å²) in [6.45, 7) is 8.16. The number of hydrogen-bond acceptors (Lipinski definition) is 5. The summed E-state index contributed by atoms with van der Waals surface area (Å²) >= 11 is 2.90. The maximum Gasteiger partial charge on any atom is 0.233 e. The van der Waals surface area contributed by atoms with Crippen LogP contribution in [0.25, 0.3) is 11.3 Å². The number of thiazole rings is 1. The van der Waals surface area contributed by atoms with Gasteiger partial charge in [-0.1, -0.05) is 53.4 Å². The number of thioether (sulfide) groups is 1. The van der Waals surface area contributed by atoms with E-state index in [9.17, 15) is 4.79 Å². The van der Waals surface area contributed by atoms with Crippen LogP contribution in [0.15, 0.2) is 34.7 Å². The number of carbonyl (C=O) groups is 1. The smallest absolute Gasteiger partial charge is 0.233 e. The molecule has 0 saturated heterocycles. The van der Waals surface area contributed by atoms with E-state index in [1.807, 2.05) is 62.9 Å². The van der Waals surface area contributed by atoms with Crippen LogP contribution in [0.4, 0.5) is 5.00 Å². The van der Waals surface area contributed by atoms with Crippen LogP contribution in [-0.2, 0) is 4.79 Å². The van der Waals surface area contributed by atoms with Crippen LogP contribution in [0.2, 0.25) is 0 Å². The minimum Gasteiger partial charge on any atom is -0.389 e. The Kier molecular flexibility index (Phi) is 6.07. The molecule has 0 atom stereocenters. The van der Waals surface area contributed by atoms with Crippen molar-refractivity contribution in [3.63, 3.8) is 0 Å². The first-order valence-corrected chi connectivity index (χ1v) is 9.46. The van der Waals surface area contributed by atoms with Crippen LogP contribution < -0.4 is 5.73 Å². The molecule has 0 bridgehead atoms. The number of benzene rings is 1. The SMILES string of the molecule is CC(C)N(C(=O)CSc1nc(-c2ccccc2)c(N)s1)C(C)C. The van der Waals surface area contributed by atoms with Crippen LogP contribution in [0.3, 0.4) is 0 Å². The van der Waals surface area contributed by atoms with Gasteiger partial charge < -0.3 is 10.6 Å². The molecule has 0 unspecified atom stereocenters. The van der Waals surface area contributed by atoms with E-state index >= 15 is 0 Å². The Labute approximate surface area is 146 Å². The molecule has 0 radical (unpaired) electrons. The maximum absolute atomic E-state index is 12.4. The van der Waals surface area contributed by atoms with Gasteiger partial charge in [0, 0.05) is 17.6 Å². The fourth-order valence-electron chi connectivity index (χ4n) is 2.55. The van der Waals surface area contributed by atoms with E-state index < -0.39 is 0 Å². The van der Waals surface area contributed by atoms with E-state index in [4.69, 9.17) is 5.73 Å². The predicted octanol–water partition coefficient (Wildman–Crippen LogP) is 4.13. The quantitative estimate of drug-likeness (QED) is 0.797. The second kappa shape index (κ2) is 7.84. The first-order valence-electron chi connectivity index (χ1n) is 7.65. The molecule has 2 N–H and O–H groups in total. The molecule has 0 fully saturated rings. The lowest BCUT2D eigenvalue weighted by molar-refractivity contribution is -0.131. The van der Waals surface area contributed by atoms with Crippen LogP contribution >= 0.6 is 23.1 Å². The molecular formula is C17H23N3OS2. The van der Waals surface area contributed by atoms with Crippen LogP contribution in [-0.4, -0.2) is 33.6 Å². The van der Waals surface area contributed by atoms with Crippen molar-refractivity contribution in [1.82, 2.24) is 9.88 Å². The number of anilines is 1. The molecule has 1 amide bonds. The normalized spacial score (nSPS) is 11.2. The fraction of sp³-hybridized carbons (Fsp3) is 0.412. The van der Waals surface area contributed by atoms with Gasteiger partial charge >= 0.3 is 0 Å². The van der Waals surface area contributed by atoms with Gasteiger partial charge in [0.2, 0.25) is 5.91 Å². The van der Waals surface area contributed by atoms with E-state index in [1.165, 1.54) is 23.1 Å². The second-order valence-electron chi connectivity index (χ2n) is 5.84. The van der Waals surface area contributed by atoms with E-state index in [1.54, 1.807) is 0 Å². The van der Waals surface area contributed by atoms with Gasteiger partial charge in [-0.05, 0) is 27.7 Å². The molecule has 2 aromatic rings. The third-order valence-electron chi connectivity index (χ3n) is 3.40. The maximum atomic E-state index is 12.4. The highest BCUT2D eigenvalue weighted by molar-refractivity contribution is 8.01. The molecular weight excluding hydrogens is 326 g/mol. The summed E-state index contributed by atoms with van der Waals surface area (Å²) in [6.07, 6.45) is 0. The van der Waals surface area contributed by atoms with Crippen LogP contribution in [0, 0.1) is 0 Å². The van der Waals surface area contributed by atoms with Crippen molar-refractivity contribution in [1.29, 1.82) is 0 Å². The van der Waals surface area contributed by atoms with Crippen molar-refractivity contribution in [2.75, 3.05) is 11.5 Å². The lowest BCUT2D eigenvalue weighted by Gasteiger charge is -2.30. The number of aromatic nitrogens is 1. The van der Waals surface area contributed by atoms with Gasteiger partial charge in [0.25, 0.3) is 0 Å². The topological polar surface area (TPSA) is 59.2 Å². The Bertz CT molecular complexity index is 645. The zero-order valence-corrected chi connectivity index (χ0v) is 15.6. The molecule has 124 valence electrons. The molecule has 1 aromatic heterocycles. The Hall–Kier alpha value is -1.53. The zero-order chi connectivity index (χ0) is 17.0. The average molecular weight is 350 g/mol. The predicted molar refractivity (Wildman–Crippen MR) is 99.8 cm³/mol. The number of hydrogen-bond donors (Lipinski definition) is 1. The Morgan fingerprint density at radius 1 is 1.22 bits per heavy atom. The van der Waals surface area contributed by atoms with Crippen molar-refractivity contribution in [2.45, 2.75) is 44.1 Å². The van der Waals surface area contributed by atoms with Crippen LogP contribution in [0.1, 0.15) is 27.7 Å². The molecule has 1 aromatic carbocycles. The summed E-state index contributed by atoms with van der Waals surface area (Å²) in [7, 11) is 0. The first-order chi connectivity index (χ1) is 10.9. The highest BCUT2D eigenvalue weighted by Gasteiger charge is 2.21. The number of carbonyl (C=O) groups excluding carboxylic acids is 1. The highest BCUT2D eigenvalue weighted by Crippen LogP contribution is 2.35. The van der Waals surface area contributed by atoms with Gasteiger partial charge in [0.05, 0.1) is 5.75 Å². The molecule has 6 heteroatoms. The Morgan fingerprint density at radius 3 is 2.39 bits per heavy atom. The summed E-state index contributed by atoms with van der Waals surface area (Å²) in [5, 5.41) is 0.690. The summed E-state index contributed by atoms with van der Waals surface area (Å²) in [5.74, 6) is 0.521. The van der Waals surface area contributed by atoms with E-state index in [2.05, 4.69) is 4.98 Å². The lowest BCUT2D eigenvalue weighted by Crippen LogP contribution is -2.43. The standard InChI is InChI=1S/C17H23N3OS2/c1-11(2)20(12(3)4)14(21)10-22-17-19-15(16(18)23-17)13-8-6-5-7-9-13/h5-9,11-12H,10,18H2,1-4H3. The van der Waals surface area contributed by atoms with E-state index in [0.717, 1.165) is 15.6 Å². The minimum atomic E-state index is 0.134. The second-order valence-corrected chi connectivity index (χ2v) is 8.09. The van der Waals surface area contributed by atoms with Crippen molar-refractivity contribution < 1.29 is 4.79 Å². The monoisotopic (exact) mass is 349 g/mol. The number of nitrogen functional groups attached to an aromatic ring is 1. The first kappa shape index (κ1) is 17.8. The molecule has 1 heterocycles. The van der Waals surface area contributed by atoms with Gasteiger partial charge in [-0.15, -0.1) is 0 Å². The number of amides is 1. The number of nitrogens with zero attached hydrogens (tertiary/aromatic N) is 2. The van der Waals surface area contributed by atoms with E-state index in [0.29, 0.717) is 10.8 Å².